The van der Waals surface area contributed by atoms with Crippen LogP contribution in [0.2, 0.25) is 0 Å². The molecule has 4 nitrogen and oxygen atoms in total. The molecule has 30 heavy (non-hydrogen) atoms. The molecule has 0 aromatic rings. The SMILES string of the molecule is CC(=O)N[C@@H](CSCC=C(C)CCCC(C)CCCC(C)CCCC(C)C)C(=O)O. The summed E-state index contributed by atoms with van der Waals surface area (Å²) in [6, 6.07) is -0.806. The van der Waals surface area contributed by atoms with Gasteiger partial charge < -0.3 is 10.4 Å². The summed E-state index contributed by atoms with van der Waals surface area (Å²) < 4.78 is 0. The van der Waals surface area contributed by atoms with Crippen molar-refractivity contribution in [1.82, 2.24) is 5.32 Å². The van der Waals surface area contributed by atoms with Crippen LogP contribution in [0.25, 0.3) is 0 Å². The molecule has 2 N–H and O–H groups in total. The van der Waals surface area contributed by atoms with Crippen LogP contribution in [-0.2, 0) is 9.59 Å². The number of nitrogens with one attached hydrogen (secondary N) is 1. The lowest BCUT2D eigenvalue weighted by Gasteiger charge is -2.15. The molecule has 1 amide bonds. The van der Waals surface area contributed by atoms with Gasteiger partial charge in [0.05, 0.1) is 0 Å². The molecule has 5 heteroatoms. The molecule has 0 spiro atoms. The van der Waals surface area contributed by atoms with Crippen LogP contribution in [0.5, 0.6) is 0 Å². The maximum absolute atomic E-state index is 11.1. The molecule has 0 aliphatic rings. The Hall–Kier alpha value is -0.970. The Morgan fingerprint density at radius 2 is 1.43 bits per heavy atom. The number of carbonyl (C=O) groups excluding carboxylic acids is 1. The van der Waals surface area contributed by atoms with E-state index in [1.807, 2.05) is 0 Å². The Morgan fingerprint density at radius 1 is 0.900 bits per heavy atom. The van der Waals surface area contributed by atoms with Gasteiger partial charge in [-0.15, -0.1) is 0 Å². The van der Waals surface area contributed by atoms with Crippen molar-refractivity contribution in [2.45, 2.75) is 105 Å². The second-order valence-electron chi connectivity index (χ2n) is 9.54. The molecule has 0 radical (unpaired) electrons. The topological polar surface area (TPSA) is 66.4 Å². The van der Waals surface area contributed by atoms with Crippen LogP contribution in [0.1, 0.15) is 99.3 Å². The molecular weight excluding hydrogens is 394 g/mol. The number of carbonyl (C=O) groups is 2. The average Bonchev–Trinajstić information content (AvgIpc) is 2.63. The van der Waals surface area contributed by atoms with E-state index in [2.05, 4.69) is 46.0 Å². The molecule has 0 fully saturated rings. The van der Waals surface area contributed by atoms with E-state index < -0.39 is 12.0 Å². The van der Waals surface area contributed by atoms with Gasteiger partial charge >= 0.3 is 5.97 Å². The fraction of sp³-hybridized carbons (Fsp3) is 0.840. The lowest BCUT2D eigenvalue weighted by atomic mass is 9.91. The second-order valence-corrected chi connectivity index (χ2v) is 10.6. The third-order valence-electron chi connectivity index (χ3n) is 5.65. The zero-order valence-electron chi connectivity index (χ0n) is 20.3. The van der Waals surface area contributed by atoms with Crippen molar-refractivity contribution in [3.8, 4) is 0 Å². The van der Waals surface area contributed by atoms with Crippen LogP contribution in [0, 0.1) is 17.8 Å². The highest BCUT2D eigenvalue weighted by Crippen LogP contribution is 2.22. The number of thioether (sulfide) groups is 1. The summed E-state index contributed by atoms with van der Waals surface area (Å²) in [5.74, 6) is 2.40. The Labute approximate surface area is 190 Å². The van der Waals surface area contributed by atoms with Gasteiger partial charge in [-0.25, -0.2) is 4.79 Å². The zero-order chi connectivity index (χ0) is 22.9. The number of carboxylic acids is 1. The molecule has 0 saturated carbocycles. The summed E-state index contributed by atoms with van der Waals surface area (Å²) in [4.78, 5) is 22.1. The van der Waals surface area contributed by atoms with E-state index in [1.165, 1.54) is 63.9 Å². The Balaban J connectivity index is 3.84. The number of aliphatic carboxylic acids is 1. The van der Waals surface area contributed by atoms with Gasteiger partial charge in [-0.2, -0.15) is 11.8 Å². The largest absolute Gasteiger partial charge is 0.480 e. The van der Waals surface area contributed by atoms with Gasteiger partial charge in [0.15, 0.2) is 0 Å². The predicted molar refractivity (Wildman–Crippen MR) is 131 cm³/mol. The van der Waals surface area contributed by atoms with Crippen molar-refractivity contribution < 1.29 is 14.7 Å². The smallest absolute Gasteiger partial charge is 0.327 e. The maximum Gasteiger partial charge on any atom is 0.327 e. The first-order valence-electron chi connectivity index (χ1n) is 11.8. The fourth-order valence-electron chi connectivity index (χ4n) is 3.62. The lowest BCUT2D eigenvalue weighted by molar-refractivity contribution is -0.140. The summed E-state index contributed by atoms with van der Waals surface area (Å²) in [5, 5.41) is 11.6. The molecule has 0 rings (SSSR count). The van der Waals surface area contributed by atoms with E-state index in [4.69, 9.17) is 5.11 Å². The maximum atomic E-state index is 11.1. The molecule has 3 atom stereocenters. The van der Waals surface area contributed by atoms with Gasteiger partial charge in [0.2, 0.25) is 5.91 Å². The Kier molecular flexibility index (Phi) is 17.1. The second kappa shape index (κ2) is 17.7. The standard InChI is InChI=1S/C25H47NO3S/c1-19(2)10-7-11-20(3)12-8-13-21(4)14-9-15-22(5)16-17-30-18-24(25(28)29)26-23(6)27/h16,19-21,24H,7-15,17-18H2,1-6H3,(H,26,27)(H,28,29)/t20?,21?,24-/m0/s1. The van der Waals surface area contributed by atoms with Gasteiger partial charge in [-0.3, -0.25) is 4.79 Å². The van der Waals surface area contributed by atoms with Gasteiger partial charge in [-0.05, 0) is 37.5 Å². The monoisotopic (exact) mass is 441 g/mol. The predicted octanol–water partition coefficient (Wildman–Crippen LogP) is 6.69. The van der Waals surface area contributed by atoms with Crippen LogP contribution in [0.15, 0.2) is 11.6 Å². The van der Waals surface area contributed by atoms with E-state index in [0.29, 0.717) is 5.75 Å². The Morgan fingerprint density at radius 3 is 1.93 bits per heavy atom. The number of carboxylic acid groups (broad SMARTS) is 1. The molecule has 0 aliphatic heterocycles. The molecule has 0 heterocycles. The third-order valence-corrected chi connectivity index (χ3v) is 6.62. The van der Waals surface area contributed by atoms with E-state index in [-0.39, 0.29) is 5.91 Å². The average molecular weight is 442 g/mol. The number of allylic oxidation sites excluding steroid dienone is 1. The summed E-state index contributed by atoms with van der Waals surface area (Å²) in [5.41, 5.74) is 1.37. The van der Waals surface area contributed by atoms with Gasteiger partial charge in [-0.1, -0.05) is 84.3 Å². The molecule has 2 unspecified atom stereocenters. The van der Waals surface area contributed by atoms with Crippen LogP contribution in [0.3, 0.4) is 0 Å². The lowest BCUT2D eigenvalue weighted by Crippen LogP contribution is -2.41. The highest BCUT2D eigenvalue weighted by atomic mass is 32.2. The van der Waals surface area contributed by atoms with Crippen LogP contribution in [0.4, 0.5) is 0 Å². The van der Waals surface area contributed by atoms with Crippen LogP contribution < -0.4 is 5.32 Å². The minimum atomic E-state index is -0.975. The van der Waals surface area contributed by atoms with Crippen molar-refractivity contribution in [3.05, 3.63) is 11.6 Å². The van der Waals surface area contributed by atoms with Crippen LogP contribution >= 0.6 is 11.8 Å². The number of hydrogen-bond donors (Lipinski definition) is 2. The number of amides is 1. The molecule has 0 bridgehead atoms. The Bertz CT molecular complexity index is 505. The van der Waals surface area contributed by atoms with Crippen molar-refractivity contribution in [1.29, 1.82) is 0 Å². The van der Waals surface area contributed by atoms with Crippen LogP contribution in [-0.4, -0.2) is 34.5 Å². The van der Waals surface area contributed by atoms with Crippen molar-refractivity contribution >= 4 is 23.6 Å². The van der Waals surface area contributed by atoms with Gasteiger partial charge in [0.25, 0.3) is 0 Å². The summed E-state index contributed by atoms with van der Waals surface area (Å²) in [6.07, 6.45) is 14.0. The minimum absolute atomic E-state index is 0.301. The summed E-state index contributed by atoms with van der Waals surface area (Å²) in [6.45, 7) is 12.9. The fourth-order valence-corrected chi connectivity index (χ4v) is 4.62. The molecule has 0 aromatic heterocycles. The van der Waals surface area contributed by atoms with Crippen molar-refractivity contribution in [2.24, 2.45) is 17.8 Å². The summed E-state index contributed by atoms with van der Waals surface area (Å²) >= 11 is 1.55. The third kappa shape index (κ3) is 17.9. The number of rotatable bonds is 18. The highest BCUT2D eigenvalue weighted by Gasteiger charge is 2.17. The minimum Gasteiger partial charge on any atom is -0.480 e. The van der Waals surface area contributed by atoms with E-state index in [9.17, 15) is 9.59 Å². The molecule has 0 aromatic carbocycles. The summed E-state index contributed by atoms with van der Waals surface area (Å²) in [7, 11) is 0. The highest BCUT2D eigenvalue weighted by molar-refractivity contribution is 7.99. The molecule has 0 aliphatic carbocycles. The molecule has 176 valence electrons. The van der Waals surface area contributed by atoms with Gasteiger partial charge in [0, 0.05) is 18.4 Å². The van der Waals surface area contributed by atoms with E-state index in [1.54, 1.807) is 11.8 Å². The molecular formula is C25H47NO3S. The van der Waals surface area contributed by atoms with E-state index >= 15 is 0 Å². The quantitative estimate of drug-likeness (QED) is 0.184. The van der Waals surface area contributed by atoms with E-state index in [0.717, 1.165) is 29.9 Å². The zero-order valence-corrected chi connectivity index (χ0v) is 21.2. The first-order valence-corrected chi connectivity index (χ1v) is 13.0. The normalized spacial score (nSPS) is 15.1. The molecule has 0 saturated heterocycles. The van der Waals surface area contributed by atoms with Crippen molar-refractivity contribution in [2.75, 3.05) is 11.5 Å². The van der Waals surface area contributed by atoms with Gasteiger partial charge in [0.1, 0.15) is 6.04 Å². The number of hydrogen-bond acceptors (Lipinski definition) is 3. The first-order chi connectivity index (χ1) is 14.1. The van der Waals surface area contributed by atoms with Crippen molar-refractivity contribution in [3.63, 3.8) is 0 Å². The first kappa shape index (κ1) is 29.0.